The molecule has 96 valence electrons. The number of benzene rings is 1. The molecule has 0 radical (unpaired) electrons. The molecule has 19 heavy (non-hydrogen) atoms. The van der Waals surface area contributed by atoms with Crippen LogP contribution in [0.25, 0.3) is 0 Å². The van der Waals surface area contributed by atoms with Crippen LogP contribution in [0.15, 0.2) is 60.2 Å². The summed E-state index contributed by atoms with van der Waals surface area (Å²) in [6.07, 6.45) is 8.72. The maximum Gasteiger partial charge on any atom is 0.0249 e. The molecule has 0 saturated heterocycles. The van der Waals surface area contributed by atoms with Crippen LogP contribution in [-0.4, -0.2) is 0 Å². The highest BCUT2D eigenvalue weighted by Crippen LogP contribution is 2.17. The van der Waals surface area contributed by atoms with Gasteiger partial charge in [0.1, 0.15) is 0 Å². The summed E-state index contributed by atoms with van der Waals surface area (Å²) in [4.78, 5) is 0. The number of allylic oxidation sites excluding steroid dienone is 5. The Morgan fingerprint density at radius 1 is 1.16 bits per heavy atom. The second-order valence-corrected chi connectivity index (χ2v) is 5.14. The molecule has 0 amide bonds. The lowest BCUT2D eigenvalue weighted by Crippen LogP contribution is -1.88. The molecule has 1 aromatic rings. The quantitative estimate of drug-likeness (QED) is 0.646. The van der Waals surface area contributed by atoms with Crippen LogP contribution >= 0.6 is 0 Å². The molecule has 1 aromatic carbocycles. The molecular weight excluding hydrogens is 228 g/mol. The SMILES string of the molecule is C=C(C#Cc1ccc(C(C)C)cc1)C1=CCCC=C1. The van der Waals surface area contributed by atoms with Crippen molar-refractivity contribution in [1.29, 1.82) is 0 Å². The molecule has 0 unspecified atom stereocenters. The standard InChI is InChI=1S/C19H20/c1-15(2)18-13-11-17(12-14-18)10-9-16(3)19-7-5-4-6-8-19/h5,7-8,11-15H,3-4,6H2,1-2H3. The summed E-state index contributed by atoms with van der Waals surface area (Å²) in [6, 6.07) is 8.47. The Labute approximate surface area is 116 Å². The maximum absolute atomic E-state index is 4.05. The van der Waals surface area contributed by atoms with Crippen LogP contribution in [0.4, 0.5) is 0 Å². The average Bonchev–Trinajstić information content (AvgIpc) is 2.46. The minimum absolute atomic E-state index is 0.564. The molecule has 0 spiro atoms. The lowest BCUT2D eigenvalue weighted by Gasteiger charge is -2.05. The van der Waals surface area contributed by atoms with Crippen molar-refractivity contribution in [2.24, 2.45) is 0 Å². The first-order valence-corrected chi connectivity index (χ1v) is 6.85. The van der Waals surface area contributed by atoms with Gasteiger partial charge in [0.15, 0.2) is 0 Å². The van der Waals surface area contributed by atoms with Crippen molar-refractivity contribution in [3.05, 3.63) is 71.3 Å². The lowest BCUT2D eigenvalue weighted by molar-refractivity contribution is 0.866. The fourth-order valence-corrected chi connectivity index (χ4v) is 2.01. The summed E-state index contributed by atoms with van der Waals surface area (Å²) in [7, 11) is 0. The van der Waals surface area contributed by atoms with Gasteiger partial charge >= 0.3 is 0 Å². The Balaban J connectivity index is 2.09. The summed E-state index contributed by atoms with van der Waals surface area (Å²) in [5.74, 6) is 6.90. The Morgan fingerprint density at radius 2 is 1.89 bits per heavy atom. The van der Waals surface area contributed by atoms with E-state index in [1.165, 1.54) is 5.56 Å². The van der Waals surface area contributed by atoms with Gasteiger partial charge in [0.25, 0.3) is 0 Å². The lowest BCUT2D eigenvalue weighted by atomic mass is 10.00. The van der Waals surface area contributed by atoms with E-state index in [9.17, 15) is 0 Å². The first kappa shape index (κ1) is 13.4. The third kappa shape index (κ3) is 3.73. The third-order valence-corrected chi connectivity index (χ3v) is 3.28. The van der Waals surface area contributed by atoms with Gasteiger partial charge in [-0.2, -0.15) is 0 Å². The highest BCUT2D eigenvalue weighted by Gasteiger charge is 2.00. The molecule has 0 nitrogen and oxygen atoms in total. The Hall–Kier alpha value is -2.00. The summed E-state index contributed by atoms with van der Waals surface area (Å²) in [5.41, 5.74) is 4.47. The average molecular weight is 248 g/mol. The highest BCUT2D eigenvalue weighted by atomic mass is 14.0. The van der Waals surface area contributed by atoms with Gasteiger partial charge in [-0.15, -0.1) is 0 Å². The minimum Gasteiger partial charge on any atom is -0.0836 e. The monoisotopic (exact) mass is 248 g/mol. The van der Waals surface area contributed by atoms with E-state index in [-0.39, 0.29) is 0 Å². The van der Waals surface area contributed by atoms with E-state index in [0.717, 1.165) is 29.6 Å². The van der Waals surface area contributed by atoms with Gasteiger partial charge in [0, 0.05) is 11.1 Å². The summed E-state index contributed by atoms with van der Waals surface area (Å²) in [6.45, 7) is 8.44. The molecule has 0 saturated carbocycles. The van der Waals surface area contributed by atoms with Gasteiger partial charge in [-0.1, -0.05) is 62.6 Å². The second-order valence-electron chi connectivity index (χ2n) is 5.14. The van der Waals surface area contributed by atoms with Gasteiger partial charge < -0.3 is 0 Å². The largest absolute Gasteiger partial charge is 0.0836 e. The summed E-state index contributed by atoms with van der Waals surface area (Å²) in [5, 5.41) is 0. The van der Waals surface area contributed by atoms with Crippen molar-refractivity contribution in [2.45, 2.75) is 32.6 Å². The zero-order valence-corrected chi connectivity index (χ0v) is 11.7. The van der Waals surface area contributed by atoms with Crippen molar-refractivity contribution in [2.75, 3.05) is 0 Å². The molecule has 1 aliphatic carbocycles. The second kappa shape index (κ2) is 6.25. The first-order chi connectivity index (χ1) is 9.16. The van der Waals surface area contributed by atoms with Crippen LogP contribution in [0.3, 0.4) is 0 Å². The van der Waals surface area contributed by atoms with E-state index >= 15 is 0 Å². The summed E-state index contributed by atoms with van der Waals surface area (Å²) < 4.78 is 0. The van der Waals surface area contributed by atoms with Gasteiger partial charge in [-0.05, 0) is 42.0 Å². The molecule has 0 N–H and O–H groups in total. The van der Waals surface area contributed by atoms with Gasteiger partial charge in [-0.3, -0.25) is 0 Å². The number of hydrogen-bond acceptors (Lipinski definition) is 0. The molecule has 1 aliphatic rings. The zero-order chi connectivity index (χ0) is 13.7. The minimum atomic E-state index is 0.564. The van der Waals surface area contributed by atoms with Crippen LogP contribution in [0.2, 0.25) is 0 Å². The van der Waals surface area contributed by atoms with Crippen molar-refractivity contribution in [3.63, 3.8) is 0 Å². The normalized spacial score (nSPS) is 13.7. The molecule has 0 heteroatoms. The third-order valence-electron chi connectivity index (χ3n) is 3.28. The van der Waals surface area contributed by atoms with Crippen molar-refractivity contribution < 1.29 is 0 Å². The molecule has 0 heterocycles. The molecule has 2 rings (SSSR count). The smallest absolute Gasteiger partial charge is 0.0249 e. The Bertz CT molecular complexity index is 569. The molecule has 0 fully saturated rings. The topological polar surface area (TPSA) is 0 Å². The summed E-state index contributed by atoms with van der Waals surface area (Å²) >= 11 is 0. The van der Waals surface area contributed by atoms with Crippen LogP contribution < -0.4 is 0 Å². The molecular formula is C19H20. The van der Waals surface area contributed by atoms with Gasteiger partial charge in [0.05, 0.1) is 0 Å². The predicted molar refractivity (Wildman–Crippen MR) is 83.0 cm³/mol. The maximum atomic E-state index is 4.05. The van der Waals surface area contributed by atoms with Crippen molar-refractivity contribution in [1.82, 2.24) is 0 Å². The Morgan fingerprint density at radius 3 is 2.47 bits per heavy atom. The van der Waals surface area contributed by atoms with E-state index in [1.54, 1.807) is 0 Å². The van der Waals surface area contributed by atoms with E-state index in [1.807, 2.05) is 0 Å². The van der Waals surface area contributed by atoms with Crippen LogP contribution in [0, 0.1) is 11.8 Å². The fraction of sp³-hybridized carbons (Fsp3) is 0.263. The highest BCUT2D eigenvalue weighted by molar-refractivity contribution is 5.53. The van der Waals surface area contributed by atoms with E-state index < -0.39 is 0 Å². The van der Waals surface area contributed by atoms with Crippen LogP contribution in [0.5, 0.6) is 0 Å². The van der Waals surface area contributed by atoms with E-state index in [0.29, 0.717) is 5.92 Å². The van der Waals surface area contributed by atoms with Crippen LogP contribution in [0.1, 0.15) is 43.7 Å². The number of hydrogen-bond donors (Lipinski definition) is 0. The van der Waals surface area contributed by atoms with Gasteiger partial charge in [-0.25, -0.2) is 0 Å². The predicted octanol–water partition coefficient (Wildman–Crippen LogP) is 4.99. The van der Waals surface area contributed by atoms with Gasteiger partial charge in [0.2, 0.25) is 0 Å². The van der Waals surface area contributed by atoms with E-state index in [4.69, 9.17) is 0 Å². The zero-order valence-electron chi connectivity index (χ0n) is 11.7. The molecule has 0 atom stereocenters. The van der Waals surface area contributed by atoms with Crippen molar-refractivity contribution >= 4 is 0 Å². The Kier molecular flexibility index (Phi) is 4.42. The van der Waals surface area contributed by atoms with E-state index in [2.05, 4.69) is 74.8 Å². The van der Waals surface area contributed by atoms with Crippen molar-refractivity contribution in [3.8, 4) is 11.8 Å². The first-order valence-electron chi connectivity index (χ1n) is 6.85. The fourth-order valence-electron chi connectivity index (χ4n) is 2.01. The molecule has 0 aromatic heterocycles. The van der Waals surface area contributed by atoms with Crippen LogP contribution in [-0.2, 0) is 0 Å². The molecule has 0 bridgehead atoms. The number of rotatable bonds is 2. The molecule has 0 aliphatic heterocycles.